The van der Waals surface area contributed by atoms with Crippen molar-refractivity contribution in [3.63, 3.8) is 0 Å². The van der Waals surface area contributed by atoms with E-state index in [2.05, 4.69) is 15.5 Å². The standard InChI is InChI=1S/C26H25N3O4/c1-3-31-23-15-21(25-28-26(33-29-25)20-11-9-18(2)10-12-20)13-14-22(23)32-17-24(30)27-16-19-7-5-4-6-8-19/h4-15H,3,16-17H2,1-2H3,(H,27,30). The zero-order valence-corrected chi connectivity index (χ0v) is 18.6. The fourth-order valence-electron chi connectivity index (χ4n) is 3.18. The molecule has 0 aliphatic heterocycles. The van der Waals surface area contributed by atoms with Gasteiger partial charge in [0.25, 0.3) is 11.8 Å². The van der Waals surface area contributed by atoms with Crippen molar-refractivity contribution in [1.29, 1.82) is 0 Å². The zero-order valence-electron chi connectivity index (χ0n) is 18.6. The van der Waals surface area contributed by atoms with Gasteiger partial charge >= 0.3 is 0 Å². The molecule has 4 rings (SSSR count). The van der Waals surface area contributed by atoms with E-state index < -0.39 is 0 Å². The number of aromatic nitrogens is 2. The minimum absolute atomic E-state index is 0.119. The molecule has 0 aliphatic rings. The molecule has 0 saturated carbocycles. The van der Waals surface area contributed by atoms with E-state index in [4.69, 9.17) is 14.0 Å². The lowest BCUT2D eigenvalue weighted by Crippen LogP contribution is -2.28. The summed E-state index contributed by atoms with van der Waals surface area (Å²) in [5.74, 6) is 1.65. The molecule has 168 valence electrons. The summed E-state index contributed by atoms with van der Waals surface area (Å²) in [6, 6.07) is 22.9. The topological polar surface area (TPSA) is 86.5 Å². The molecule has 1 amide bonds. The number of hydrogen-bond acceptors (Lipinski definition) is 6. The van der Waals surface area contributed by atoms with Crippen molar-refractivity contribution in [3.05, 3.63) is 83.9 Å². The SMILES string of the molecule is CCOc1cc(-c2noc(-c3ccc(C)cc3)n2)ccc1OCC(=O)NCc1ccccc1. The summed E-state index contributed by atoms with van der Waals surface area (Å²) in [7, 11) is 0. The number of amides is 1. The van der Waals surface area contributed by atoms with Crippen LogP contribution in [0.2, 0.25) is 0 Å². The number of carbonyl (C=O) groups is 1. The molecule has 0 aliphatic carbocycles. The van der Waals surface area contributed by atoms with E-state index in [-0.39, 0.29) is 12.5 Å². The van der Waals surface area contributed by atoms with Gasteiger partial charge in [0.15, 0.2) is 18.1 Å². The first kappa shape index (κ1) is 22.1. The summed E-state index contributed by atoms with van der Waals surface area (Å²) in [6.45, 7) is 4.68. The average Bonchev–Trinajstić information content (AvgIpc) is 3.33. The van der Waals surface area contributed by atoms with Gasteiger partial charge in [-0.15, -0.1) is 0 Å². The molecule has 0 fully saturated rings. The van der Waals surface area contributed by atoms with Crippen molar-refractivity contribution in [2.24, 2.45) is 0 Å². The normalized spacial score (nSPS) is 10.6. The number of carbonyl (C=O) groups excluding carboxylic acids is 1. The van der Waals surface area contributed by atoms with Crippen molar-refractivity contribution < 1.29 is 18.8 Å². The summed E-state index contributed by atoms with van der Waals surface area (Å²) in [6.07, 6.45) is 0. The second-order valence-corrected chi connectivity index (χ2v) is 7.43. The largest absolute Gasteiger partial charge is 0.490 e. The Hall–Kier alpha value is -4.13. The quantitative estimate of drug-likeness (QED) is 0.400. The Kier molecular flexibility index (Phi) is 6.99. The van der Waals surface area contributed by atoms with E-state index in [0.717, 1.165) is 22.3 Å². The highest BCUT2D eigenvalue weighted by Crippen LogP contribution is 2.32. The first-order valence-electron chi connectivity index (χ1n) is 10.7. The third-order valence-corrected chi connectivity index (χ3v) is 4.92. The molecule has 0 radical (unpaired) electrons. The lowest BCUT2D eigenvalue weighted by Gasteiger charge is -2.13. The third-order valence-electron chi connectivity index (χ3n) is 4.92. The molecule has 0 saturated heterocycles. The van der Waals surface area contributed by atoms with Crippen LogP contribution in [0.25, 0.3) is 22.8 Å². The Morgan fingerprint density at radius 3 is 2.45 bits per heavy atom. The van der Waals surface area contributed by atoms with Crippen LogP contribution in [0.5, 0.6) is 11.5 Å². The summed E-state index contributed by atoms with van der Waals surface area (Å²) in [5.41, 5.74) is 3.76. The minimum Gasteiger partial charge on any atom is -0.490 e. The molecule has 0 atom stereocenters. The Bertz CT molecular complexity index is 1200. The highest BCUT2D eigenvalue weighted by Gasteiger charge is 2.15. The Morgan fingerprint density at radius 2 is 1.70 bits per heavy atom. The zero-order chi connectivity index (χ0) is 23.0. The van der Waals surface area contributed by atoms with E-state index in [1.807, 2.05) is 74.5 Å². The van der Waals surface area contributed by atoms with Crippen LogP contribution >= 0.6 is 0 Å². The van der Waals surface area contributed by atoms with Crippen LogP contribution in [0.15, 0.2) is 77.3 Å². The molecule has 7 heteroatoms. The van der Waals surface area contributed by atoms with Crippen LogP contribution in [-0.4, -0.2) is 29.3 Å². The van der Waals surface area contributed by atoms with E-state index in [9.17, 15) is 4.79 Å². The highest BCUT2D eigenvalue weighted by molar-refractivity contribution is 5.77. The molecule has 3 aromatic carbocycles. The molecular formula is C26H25N3O4. The molecule has 1 N–H and O–H groups in total. The predicted octanol–water partition coefficient (Wildman–Crippen LogP) is 4.81. The van der Waals surface area contributed by atoms with Crippen molar-refractivity contribution in [2.75, 3.05) is 13.2 Å². The maximum atomic E-state index is 12.2. The van der Waals surface area contributed by atoms with Crippen molar-refractivity contribution in [1.82, 2.24) is 15.5 Å². The van der Waals surface area contributed by atoms with Gasteiger partial charge < -0.3 is 19.3 Å². The number of ether oxygens (including phenoxy) is 2. The second kappa shape index (κ2) is 10.5. The monoisotopic (exact) mass is 443 g/mol. The second-order valence-electron chi connectivity index (χ2n) is 7.43. The Labute approximate surface area is 192 Å². The van der Waals surface area contributed by atoms with E-state index >= 15 is 0 Å². The molecule has 0 spiro atoms. The maximum Gasteiger partial charge on any atom is 0.258 e. The molecule has 0 unspecified atom stereocenters. The maximum absolute atomic E-state index is 12.2. The lowest BCUT2D eigenvalue weighted by atomic mass is 10.1. The highest BCUT2D eigenvalue weighted by atomic mass is 16.5. The number of rotatable bonds is 9. The van der Waals surface area contributed by atoms with Gasteiger partial charge in [0, 0.05) is 17.7 Å². The van der Waals surface area contributed by atoms with Crippen LogP contribution in [-0.2, 0) is 11.3 Å². The molecule has 0 bridgehead atoms. The fraction of sp³-hybridized carbons (Fsp3) is 0.192. The van der Waals surface area contributed by atoms with E-state index in [1.165, 1.54) is 0 Å². The van der Waals surface area contributed by atoms with Gasteiger partial charge in [-0.1, -0.05) is 53.2 Å². The van der Waals surface area contributed by atoms with Gasteiger partial charge in [-0.25, -0.2) is 0 Å². The van der Waals surface area contributed by atoms with Gasteiger partial charge in [0.05, 0.1) is 6.61 Å². The number of hydrogen-bond donors (Lipinski definition) is 1. The molecule has 1 heterocycles. The van der Waals surface area contributed by atoms with Gasteiger partial charge in [0.2, 0.25) is 5.82 Å². The van der Waals surface area contributed by atoms with E-state index in [1.54, 1.807) is 12.1 Å². The number of nitrogens with one attached hydrogen (secondary N) is 1. The summed E-state index contributed by atoms with van der Waals surface area (Å²) in [4.78, 5) is 16.7. The van der Waals surface area contributed by atoms with Crippen molar-refractivity contribution in [3.8, 4) is 34.3 Å². The molecule has 4 aromatic rings. The fourth-order valence-corrected chi connectivity index (χ4v) is 3.18. The van der Waals surface area contributed by atoms with E-state index in [0.29, 0.717) is 36.4 Å². The third kappa shape index (κ3) is 5.77. The number of nitrogens with zero attached hydrogens (tertiary/aromatic N) is 2. The van der Waals surface area contributed by atoms with Crippen molar-refractivity contribution >= 4 is 5.91 Å². The van der Waals surface area contributed by atoms with Gasteiger partial charge in [-0.3, -0.25) is 4.79 Å². The van der Waals surface area contributed by atoms with Crippen LogP contribution < -0.4 is 14.8 Å². The van der Waals surface area contributed by atoms with Crippen molar-refractivity contribution in [2.45, 2.75) is 20.4 Å². The molecular weight excluding hydrogens is 418 g/mol. The first-order chi connectivity index (χ1) is 16.1. The lowest BCUT2D eigenvalue weighted by molar-refractivity contribution is -0.123. The van der Waals surface area contributed by atoms with Gasteiger partial charge in [-0.2, -0.15) is 4.98 Å². The van der Waals surface area contributed by atoms with Crippen LogP contribution in [0.3, 0.4) is 0 Å². The summed E-state index contributed by atoms with van der Waals surface area (Å²) in [5, 5.41) is 6.94. The minimum atomic E-state index is -0.216. The molecule has 1 aromatic heterocycles. The Morgan fingerprint density at radius 1 is 0.939 bits per heavy atom. The summed E-state index contributed by atoms with van der Waals surface area (Å²) < 4.78 is 16.9. The Balaban J connectivity index is 1.43. The number of benzene rings is 3. The van der Waals surface area contributed by atoms with Gasteiger partial charge in [0.1, 0.15) is 0 Å². The summed E-state index contributed by atoms with van der Waals surface area (Å²) >= 11 is 0. The van der Waals surface area contributed by atoms with Crippen LogP contribution in [0.1, 0.15) is 18.1 Å². The molecule has 7 nitrogen and oxygen atoms in total. The molecule has 33 heavy (non-hydrogen) atoms. The predicted molar refractivity (Wildman–Crippen MR) is 125 cm³/mol. The average molecular weight is 444 g/mol. The van der Waals surface area contributed by atoms with Crippen LogP contribution in [0.4, 0.5) is 0 Å². The van der Waals surface area contributed by atoms with Crippen LogP contribution in [0, 0.1) is 6.92 Å². The number of aryl methyl sites for hydroxylation is 1. The first-order valence-corrected chi connectivity index (χ1v) is 10.7. The smallest absolute Gasteiger partial charge is 0.258 e. The van der Waals surface area contributed by atoms with Gasteiger partial charge in [-0.05, 0) is 49.7 Å².